The number of nitrogens with zero attached hydrogens (tertiary/aromatic N) is 5. The number of benzene rings is 1. The molecule has 0 aliphatic carbocycles. The minimum atomic E-state index is -0.176. The van der Waals surface area contributed by atoms with Gasteiger partial charge in [0.1, 0.15) is 0 Å². The van der Waals surface area contributed by atoms with Gasteiger partial charge in [0.25, 0.3) is 0 Å². The molecule has 1 aromatic carbocycles. The Balaban J connectivity index is 0.00000461. The first kappa shape index (κ1) is 34.4. The maximum Gasteiger partial charge on any atom is 0.0889 e. The fraction of sp³-hybridized carbons (Fsp3) is 0.385. The maximum absolute atomic E-state index is 5.26. The van der Waals surface area contributed by atoms with Gasteiger partial charge in [-0.3, -0.25) is 15.0 Å². The van der Waals surface area contributed by atoms with Gasteiger partial charge >= 0.3 is 0 Å². The molecule has 45 heavy (non-hydrogen) atoms. The number of pyridine rings is 4. The molecule has 0 N–H and O–H groups in total. The third kappa shape index (κ3) is 7.52. The SMILES string of the molecule is CC(C)c1ccc2c(-c3ccc(C(C)(C)C)/c(=N/c4nc(-c5cc(C(C)(C)C)ccn5)ccc4C(C)(C)C)[n-]3)nccc2c1.[Pt]. The van der Waals surface area contributed by atoms with Gasteiger partial charge in [0.15, 0.2) is 0 Å². The second-order valence-electron chi connectivity index (χ2n) is 15.2. The van der Waals surface area contributed by atoms with Crippen molar-refractivity contribution in [3.8, 4) is 22.8 Å². The Morgan fingerprint density at radius 2 is 1.33 bits per heavy atom. The molecule has 0 saturated heterocycles. The third-order valence-electron chi connectivity index (χ3n) is 8.16. The minimum absolute atomic E-state index is 0. The molecule has 0 fully saturated rings. The third-order valence-corrected chi connectivity index (χ3v) is 8.16. The molecule has 0 radical (unpaired) electrons. The summed E-state index contributed by atoms with van der Waals surface area (Å²) in [4.78, 5) is 25.1. The van der Waals surface area contributed by atoms with Crippen LogP contribution in [0.4, 0.5) is 5.82 Å². The molecule has 0 saturated carbocycles. The van der Waals surface area contributed by atoms with E-state index in [1.165, 1.54) is 11.1 Å². The normalized spacial score (nSPS) is 12.9. The van der Waals surface area contributed by atoms with Gasteiger partial charge in [0.05, 0.1) is 22.9 Å². The van der Waals surface area contributed by atoms with Crippen LogP contribution < -0.4 is 10.5 Å². The first-order valence-electron chi connectivity index (χ1n) is 15.6. The zero-order valence-electron chi connectivity index (χ0n) is 28.6. The van der Waals surface area contributed by atoms with Crippen LogP contribution >= 0.6 is 0 Å². The largest absolute Gasteiger partial charge is 0.434 e. The quantitative estimate of drug-likeness (QED) is 0.182. The Labute approximate surface area is 283 Å². The Morgan fingerprint density at radius 1 is 0.667 bits per heavy atom. The maximum atomic E-state index is 5.26. The van der Waals surface area contributed by atoms with Crippen LogP contribution in [0.15, 0.2) is 78.0 Å². The van der Waals surface area contributed by atoms with Crippen LogP contribution in [0.2, 0.25) is 0 Å². The Bertz CT molecular complexity index is 1900. The summed E-state index contributed by atoms with van der Waals surface area (Å²) in [6.07, 6.45) is 3.75. The standard InChI is InChI=1S/C39H46N5.Pt/c1-24(2)25-12-13-28-26(22-25)18-20-41-34(28)32-17-15-30(39(9,10)11)36(43-32)44-35-29(38(6,7)8)14-16-31(42-35)33-23-27(19-21-40-33)37(3,4)5;/h12-24H,1-11H3;/q-1;. The first-order chi connectivity index (χ1) is 20.5. The molecule has 6 heteroatoms. The summed E-state index contributed by atoms with van der Waals surface area (Å²) in [6.45, 7) is 24.3. The van der Waals surface area contributed by atoms with Gasteiger partial charge in [-0.2, -0.15) is 0 Å². The minimum Gasteiger partial charge on any atom is -0.434 e. The van der Waals surface area contributed by atoms with Gasteiger partial charge in [-0.05, 0) is 79.8 Å². The van der Waals surface area contributed by atoms with Crippen molar-refractivity contribution in [2.24, 2.45) is 4.99 Å². The van der Waals surface area contributed by atoms with Crippen molar-refractivity contribution in [3.63, 3.8) is 0 Å². The van der Waals surface area contributed by atoms with E-state index < -0.39 is 0 Å². The summed E-state index contributed by atoms with van der Waals surface area (Å²) >= 11 is 0. The zero-order valence-corrected chi connectivity index (χ0v) is 30.8. The van der Waals surface area contributed by atoms with Gasteiger partial charge in [-0.15, -0.1) is 0 Å². The molecule has 0 amide bonds. The van der Waals surface area contributed by atoms with E-state index in [2.05, 4.69) is 137 Å². The van der Waals surface area contributed by atoms with E-state index in [1.54, 1.807) is 0 Å². The predicted molar refractivity (Wildman–Crippen MR) is 183 cm³/mol. The molecule has 238 valence electrons. The van der Waals surface area contributed by atoms with Crippen LogP contribution in [0.3, 0.4) is 0 Å². The van der Waals surface area contributed by atoms with E-state index in [1.807, 2.05) is 12.4 Å². The number of rotatable bonds is 4. The monoisotopic (exact) mass is 779 g/mol. The zero-order chi connectivity index (χ0) is 32.0. The van der Waals surface area contributed by atoms with E-state index in [-0.39, 0.29) is 37.3 Å². The number of aromatic nitrogens is 4. The van der Waals surface area contributed by atoms with Gasteiger partial charge in [0, 0.05) is 38.8 Å². The molecular formula is C39H46N5Pt-. The average molecular weight is 780 g/mol. The topological polar surface area (TPSA) is 65.1 Å². The summed E-state index contributed by atoms with van der Waals surface area (Å²) in [6, 6.07) is 21.4. The van der Waals surface area contributed by atoms with Crippen LogP contribution in [-0.4, -0.2) is 15.0 Å². The van der Waals surface area contributed by atoms with Gasteiger partial charge in [-0.25, -0.2) is 0 Å². The van der Waals surface area contributed by atoms with Crippen LogP contribution in [0.25, 0.3) is 33.5 Å². The fourth-order valence-electron chi connectivity index (χ4n) is 5.41. The smallest absolute Gasteiger partial charge is 0.0889 e. The van der Waals surface area contributed by atoms with E-state index in [4.69, 9.17) is 24.9 Å². The Kier molecular flexibility index (Phi) is 9.76. The van der Waals surface area contributed by atoms with Crippen molar-refractivity contribution in [2.75, 3.05) is 0 Å². The second kappa shape index (κ2) is 12.8. The molecule has 4 heterocycles. The number of fused-ring (bicyclic) bond motifs is 1. The van der Waals surface area contributed by atoms with E-state index in [0.717, 1.165) is 44.7 Å². The number of hydrogen-bond donors (Lipinski definition) is 0. The summed E-state index contributed by atoms with van der Waals surface area (Å²) in [7, 11) is 0. The van der Waals surface area contributed by atoms with Gasteiger partial charge in [-0.1, -0.05) is 118 Å². The molecule has 5 rings (SSSR count). The molecule has 0 unspecified atom stereocenters. The van der Waals surface area contributed by atoms with Crippen LogP contribution in [0.1, 0.15) is 104 Å². The second-order valence-corrected chi connectivity index (χ2v) is 15.2. The van der Waals surface area contributed by atoms with Crippen LogP contribution in [0, 0.1) is 0 Å². The van der Waals surface area contributed by atoms with Crippen molar-refractivity contribution >= 4 is 16.6 Å². The summed E-state index contributed by atoms with van der Waals surface area (Å²) in [5.41, 5.74) is 8.27. The van der Waals surface area contributed by atoms with Crippen molar-refractivity contribution in [1.29, 1.82) is 0 Å². The van der Waals surface area contributed by atoms with Crippen molar-refractivity contribution in [3.05, 3.63) is 101 Å². The average Bonchev–Trinajstić information content (AvgIpc) is 2.95. The van der Waals surface area contributed by atoms with Gasteiger partial charge in [0.2, 0.25) is 0 Å². The number of hydrogen-bond acceptors (Lipinski definition) is 4. The van der Waals surface area contributed by atoms with Gasteiger partial charge < -0.3 is 9.98 Å². The molecule has 0 atom stereocenters. The van der Waals surface area contributed by atoms with E-state index >= 15 is 0 Å². The molecule has 0 aliphatic heterocycles. The van der Waals surface area contributed by atoms with Crippen molar-refractivity contribution in [1.82, 2.24) is 19.9 Å². The Morgan fingerprint density at radius 3 is 1.98 bits per heavy atom. The molecule has 5 aromatic rings. The summed E-state index contributed by atoms with van der Waals surface area (Å²) in [5.74, 6) is 1.12. The molecule has 5 nitrogen and oxygen atoms in total. The van der Waals surface area contributed by atoms with Crippen LogP contribution in [-0.2, 0) is 37.3 Å². The molecule has 0 spiro atoms. The summed E-state index contributed by atoms with van der Waals surface area (Å²) < 4.78 is 0. The predicted octanol–water partition coefficient (Wildman–Crippen LogP) is 9.56. The molecule has 4 aromatic heterocycles. The van der Waals surface area contributed by atoms with Crippen LogP contribution in [0.5, 0.6) is 0 Å². The Hall–Kier alpha value is -3.43. The van der Waals surface area contributed by atoms with E-state index in [0.29, 0.717) is 17.2 Å². The molecule has 0 aliphatic rings. The van der Waals surface area contributed by atoms with E-state index in [9.17, 15) is 0 Å². The molecular weight excluding hydrogens is 734 g/mol. The summed E-state index contributed by atoms with van der Waals surface area (Å²) in [5, 5.41) is 2.25. The van der Waals surface area contributed by atoms with Crippen molar-refractivity contribution < 1.29 is 21.1 Å². The van der Waals surface area contributed by atoms with Crippen molar-refractivity contribution in [2.45, 2.75) is 98.3 Å². The molecule has 0 bridgehead atoms. The fourth-order valence-corrected chi connectivity index (χ4v) is 5.41. The first-order valence-corrected chi connectivity index (χ1v) is 15.6.